The number of benzene rings is 1. The summed E-state index contributed by atoms with van der Waals surface area (Å²) in [6.45, 7) is 3.60. The second-order valence-corrected chi connectivity index (χ2v) is 6.45. The first-order chi connectivity index (χ1) is 9.86. The molecule has 0 N–H and O–H groups in total. The van der Waals surface area contributed by atoms with Gasteiger partial charge >= 0.3 is 5.97 Å². The average molecular weight is 310 g/mol. The number of nitrogens with zero attached hydrogens (tertiary/aromatic N) is 2. The molecule has 1 rings (SSSR count). The van der Waals surface area contributed by atoms with Gasteiger partial charge in [-0.3, -0.25) is 4.79 Å². The molecule has 1 aromatic rings. The van der Waals surface area contributed by atoms with Crippen LogP contribution in [0.1, 0.15) is 19.4 Å². The maximum atomic E-state index is 12.5. The van der Waals surface area contributed by atoms with E-state index in [1.807, 2.05) is 6.07 Å². The Morgan fingerprint density at radius 3 is 2.38 bits per heavy atom. The van der Waals surface area contributed by atoms with Gasteiger partial charge in [-0.05, 0) is 24.3 Å². The minimum absolute atomic E-state index is 0.0471. The molecule has 0 saturated carbocycles. The second-order valence-electron chi connectivity index (χ2n) is 4.52. The molecule has 1 aromatic carbocycles. The summed E-state index contributed by atoms with van der Waals surface area (Å²) in [5.74, 6) is -1.01. The summed E-state index contributed by atoms with van der Waals surface area (Å²) in [5.41, 5.74) is 0.389. The molecule has 7 heteroatoms. The number of nitriles is 1. The predicted molar refractivity (Wildman–Crippen MR) is 76.8 cm³/mol. The first-order valence-corrected chi connectivity index (χ1v) is 7.89. The maximum Gasteiger partial charge on any atom is 0.309 e. The molecule has 114 valence electrons. The minimum Gasteiger partial charge on any atom is -0.469 e. The van der Waals surface area contributed by atoms with Crippen LogP contribution in [0.15, 0.2) is 29.2 Å². The molecule has 0 aliphatic carbocycles. The fourth-order valence-electron chi connectivity index (χ4n) is 1.83. The first-order valence-electron chi connectivity index (χ1n) is 6.45. The maximum absolute atomic E-state index is 12.5. The summed E-state index contributed by atoms with van der Waals surface area (Å²) < 4.78 is 30.8. The lowest BCUT2D eigenvalue weighted by atomic mass is 10.2. The van der Waals surface area contributed by atoms with Crippen molar-refractivity contribution in [2.24, 2.45) is 5.92 Å². The van der Waals surface area contributed by atoms with Crippen LogP contribution in [-0.4, -0.2) is 38.9 Å². The van der Waals surface area contributed by atoms with Crippen LogP contribution in [0.4, 0.5) is 0 Å². The van der Waals surface area contributed by atoms with Gasteiger partial charge in [0.2, 0.25) is 10.0 Å². The SMILES string of the molecule is CCN(C[C@H](C)C(=O)OC)S(=O)(=O)c1ccc(C#N)cc1. The fourth-order valence-corrected chi connectivity index (χ4v) is 3.37. The Bertz CT molecular complexity index is 632. The zero-order valence-electron chi connectivity index (χ0n) is 12.2. The van der Waals surface area contributed by atoms with Gasteiger partial charge in [0.15, 0.2) is 0 Å². The smallest absolute Gasteiger partial charge is 0.309 e. The van der Waals surface area contributed by atoms with Gasteiger partial charge in [0.1, 0.15) is 0 Å². The average Bonchev–Trinajstić information content (AvgIpc) is 2.51. The molecule has 0 amide bonds. The lowest BCUT2D eigenvalue weighted by molar-refractivity contribution is -0.145. The van der Waals surface area contributed by atoms with Crippen molar-refractivity contribution in [1.82, 2.24) is 4.31 Å². The van der Waals surface area contributed by atoms with Gasteiger partial charge in [-0.25, -0.2) is 8.42 Å². The van der Waals surface area contributed by atoms with Gasteiger partial charge in [0, 0.05) is 13.1 Å². The molecule has 0 spiro atoms. The number of ether oxygens (including phenoxy) is 1. The van der Waals surface area contributed by atoms with Crippen LogP contribution in [0, 0.1) is 17.2 Å². The van der Waals surface area contributed by atoms with Crippen molar-refractivity contribution >= 4 is 16.0 Å². The fraction of sp³-hybridized carbons (Fsp3) is 0.429. The summed E-state index contributed by atoms with van der Waals surface area (Å²) in [7, 11) is -2.43. The van der Waals surface area contributed by atoms with Gasteiger partial charge < -0.3 is 4.74 Å². The summed E-state index contributed by atoms with van der Waals surface area (Å²) in [6.07, 6.45) is 0. The van der Waals surface area contributed by atoms with Crippen molar-refractivity contribution in [2.45, 2.75) is 18.7 Å². The molecule has 0 fully saturated rings. The van der Waals surface area contributed by atoms with Crippen molar-refractivity contribution in [3.05, 3.63) is 29.8 Å². The lowest BCUT2D eigenvalue weighted by Crippen LogP contribution is -2.37. The molecule has 0 heterocycles. The number of hydrogen-bond acceptors (Lipinski definition) is 5. The summed E-state index contributed by atoms with van der Waals surface area (Å²) in [5, 5.41) is 8.73. The Labute approximate surface area is 125 Å². The minimum atomic E-state index is -3.70. The van der Waals surface area contributed by atoms with Crippen molar-refractivity contribution in [3.63, 3.8) is 0 Å². The molecule has 0 bridgehead atoms. The van der Waals surface area contributed by atoms with E-state index in [-0.39, 0.29) is 18.0 Å². The van der Waals surface area contributed by atoms with E-state index >= 15 is 0 Å². The van der Waals surface area contributed by atoms with Crippen molar-refractivity contribution in [1.29, 1.82) is 5.26 Å². The molecule has 21 heavy (non-hydrogen) atoms. The van der Waals surface area contributed by atoms with E-state index in [0.29, 0.717) is 5.56 Å². The van der Waals surface area contributed by atoms with Crippen LogP contribution >= 0.6 is 0 Å². The highest BCUT2D eigenvalue weighted by Crippen LogP contribution is 2.18. The second kappa shape index (κ2) is 7.20. The number of carbonyl (C=O) groups excluding carboxylic acids is 1. The Balaban J connectivity index is 3.02. The summed E-state index contributed by atoms with van der Waals surface area (Å²) >= 11 is 0. The normalized spacial score (nSPS) is 12.7. The van der Waals surface area contributed by atoms with E-state index in [1.165, 1.54) is 35.7 Å². The van der Waals surface area contributed by atoms with E-state index in [0.717, 1.165) is 0 Å². The highest BCUT2D eigenvalue weighted by atomic mass is 32.2. The summed E-state index contributed by atoms with van der Waals surface area (Å²) in [6, 6.07) is 7.61. The van der Waals surface area contributed by atoms with Crippen molar-refractivity contribution in [2.75, 3.05) is 20.2 Å². The molecule has 1 atom stereocenters. The largest absolute Gasteiger partial charge is 0.469 e. The third-order valence-electron chi connectivity index (χ3n) is 3.05. The zero-order valence-corrected chi connectivity index (χ0v) is 13.1. The standard InChI is InChI=1S/C14H18N2O4S/c1-4-16(10-11(2)14(17)20-3)21(18,19)13-7-5-12(9-15)6-8-13/h5-8,11H,4,10H2,1-3H3/t11-/m0/s1. The third-order valence-corrected chi connectivity index (χ3v) is 5.01. The van der Waals surface area contributed by atoms with Crippen molar-refractivity contribution in [3.8, 4) is 6.07 Å². The highest BCUT2D eigenvalue weighted by Gasteiger charge is 2.27. The molecule has 0 unspecified atom stereocenters. The number of methoxy groups -OCH3 is 1. The molecule has 0 radical (unpaired) electrons. The number of rotatable bonds is 6. The molecule has 0 aliphatic heterocycles. The molecule has 0 aliphatic rings. The van der Waals surface area contributed by atoms with Crippen LogP contribution in [0.3, 0.4) is 0 Å². The lowest BCUT2D eigenvalue weighted by Gasteiger charge is -2.23. The topological polar surface area (TPSA) is 87.5 Å². The van der Waals surface area contributed by atoms with Gasteiger partial charge in [-0.15, -0.1) is 0 Å². The van der Waals surface area contributed by atoms with Crippen LogP contribution in [0.5, 0.6) is 0 Å². The predicted octanol–water partition coefficient (Wildman–Crippen LogP) is 1.38. The zero-order chi connectivity index (χ0) is 16.0. The van der Waals surface area contributed by atoms with Gasteiger partial charge in [0.05, 0.1) is 29.6 Å². The van der Waals surface area contributed by atoms with E-state index in [1.54, 1.807) is 13.8 Å². The number of sulfonamides is 1. The Hall–Kier alpha value is -1.91. The number of esters is 1. The van der Waals surface area contributed by atoms with Crippen molar-refractivity contribution < 1.29 is 17.9 Å². The van der Waals surface area contributed by atoms with Gasteiger partial charge in [-0.1, -0.05) is 13.8 Å². The van der Waals surface area contributed by atoms with Crippen LogP contribution < -0.4 is 0 Å². The Kier molecular flexibility index (Phi) is 5.88. The van der Waals surface area contributed by atoms with E-state index in [9.17, 15) is 13.2 Å². The number of carbonyl (C=O) groups is 1. The molecule has 0 aromatic heterocycles. The highest BCUT2D eigenvalue weighted by molar-refractivity contribution is 7.89. The van der Waals surface area contributed by atoms with Crippen LogP contribution in [0.2, 0.25) is 0 Å². The van der Waals surface area contributed by atoms with Gasteiger partial charge in [0.25, 0.3) is 0 Å². The number of hydrogen-bond donors (Lipinski definition) is 0. The van der Waals surface area contributed by atoms with E-state index in [4.69, 9.17) is 5.26 Å². The quantitative estimate of drug-likeness (QED) is 0.741. The van der Waals surface area contributed by atoms with Crippen LogP contribution in [-0.2, 0) is 19.6 Å². The monoisotopic (exact) mass is 310 g/mol. The van der Waals surface area contributed by atoms with E-state index < -0.39 is 21.9 Å². The molecular formula is C14H18N2O4S. The molecular weight excluding hydrogens is 292 g/mol. The molecule has 6 nitrogen and oxygen atoms in total. The summed E-state index contributed by atoms with van der Waals surface area (Å²) in [4.78, 5) is 11.5. The van der Waals surface area contributed by atoms with Gasteiger partial charge in [-0.2, -0.15) is 9.57 Å². The first kappa shape index (κ1) is 17.1. The van der Waals surface area contributed by atoms with E-state index in [2.05, 4.69) is 4.74 Å². The molecule has 0 saturated heterocycles. The Morgan fingerprint density at radius 1 is 1.38 bits per heavy atom. The van der Waals surface area contributed by atoms with Crippen LogP contribution in [0.25, 0.3) is 0 Å². The Morgan fingerprint density at radius 2 is 1.95 bits per heavy atom. The third kappa shape index (κ3) is 4.03.